The molecule has 0 atom stereocenters. The summed E-state index contributed by atoms with van der Waals surface area (Å²) < 4.78 is 45.7. The molecule has 0 saturated carbocycles. The van der Waals surface area contributed by atoms with E-state index < -0.39 is 11.7 Å². The summed E-state index contributed by atoms with van der Waals surface area (Å²) in [4.78, 5) is 0. The molecule has 0 aliphatic carbocycles. The molecular weight excluding hydrogens is 394 g/mol. The first-order valence-electron chi connectivity index (χ1n) is 6.19. The zero-order valence-corrected chi connectivity index (χ0v) is 13.3. The molecule has 0 aliphatic rings. The molecule has 0 fully saturated rings. The molecule has 0 amide bonds. The van der Waals surface area contributed by atoms with E-state index in [4.69, 9.17) is 4.74 Å². The molecule has 0 radical (unpaired) electrons. The van der Waals surface area contributed by atoms with Crippen LogP contribution in [0.3, 0.4) is 0 Å². The number of alkyl halides is 3. The SMILES string of the molecule is CNCc1ccc(Oc2ccccc2I)c(C(F)(F)F)c1. The van der Waals surface area contributed by atoms with Crippen LogP contribution in [0, 0.1) is 3.57 Å². The number of nitrogens with one attached hydrogen (secondary N) is 1. The number of rotatable bonds is 4. The molecule has 0 heterocycles. The predicted octanol–water partition coefficient (Wildman–Crippen LogP) is 4.82. The molecule has 21 heavy (non-hydrogen) atoms. The topological polar surface area (TPSA) is 21.3 Å². The van der Waals surface area contributed by atoms with Crippen LogP contribution >= 0.6 is 22.6 Å². The first kappa shape index (κ1) is 16.1. The molecular formula is C15H13F3INO. The van der Waals surface area contributed by atoms with Crippen molar-refractivity contribution >= 4 is 22.6 Å². The molecule has 0 unspecified atom stereocenters. The average Bonchev–Trinajstić information content (AvgIpc) is 2.42. The van der Waals surface area contributed by atoms with Gasteiger partial charge in [0.15, 0.2) is 0 Å². The van der Waals surface area contributed by atoms with Gasteiger partial charge in [0, 0.05) is 6.54 Å². The second-order valence-corrected chi connectivity index (χ2v) is 5.55. The number of para-hydroxylation sites is 1. The molecule has 112 valence electrons. The summed E-state index contributed by atoms with van der Waals surface area (Å²) in [7, 11) is 1.68. The third-order valence-corrected chi connectivity index (χ3v) is 3.68. The zero-order chi connectivity index (χ0) is 15.5. The number of benzene rings is 2. The van der Waals surface area contributed by atoms with Gasteiger partial charge in [-0.2, -0.15) is 13.2 Å². The van der Waals surface area contributed by atoms with E-state index in [1.54, 1.807) is 37.4 Å². The molecule has 2 nitrogen and oxygen atoms in total. The maximum atomic E-state index is 13.2. The highest BCUT2D eigenvalue weighted by Crippen LogP contribution is 2.39. The van der Waals surface area contributed by atoms with Gasteiger partial charge in [-0.25, -0.2) is 0 Å². The molecule has 0 spiro atoms. The van der Waals surface area contributed by atoms with E-state index in [-0.39, 0.29) is 5.75 Å². The quantitative estimate of drug-likeness (QED) is 0.734. The molecule has 6 heteroatoms. The van der Waals surface area contributed by atoms with Crippen molar-refractivity contribution in [3.63, 3.8) is 0 Å². The van der Waals surface area contributed by atoms with E-state index in [1.807, 2.05) is 22.6 Å². The van der Waals surface area contributed by atoms with Crippen molar-refractivity contribution in [3.8, 4) is 11.5 Å². The Bertz CT molecular complexity index is 629. The molecule has 1 N–H and O–H groups in total. The Morgan fingerprint density at radius 1 is 1.10 bits per heavy atom. The third-order valence-electron chi connectivity index (χ3n) is 2.79. The summed E-state index contributed by atoms with van der Waals surface area (Å²) in [5, 5.41) is 2.83. The third kappa shape index (κ3) is 4.10. The number of hydrogen-bond acceptors (Lipinski definition) is 2. The summed E-state index contributed by atoms with van der Waals surface area (Å²) in [6.07, 6.45) is -4.46. The largest absolute Gasteiger partial charge is 0.456 e. The van der Waals surface area contributed by atoms with Crippen molar-refractivity contribution in [3.05, 3.63) is 57.2 Å². The highest BCUT2D eigenvalue weighted by Gasteiger charge is 2.35. The average molecular weight is 407 g/mol. The summed E-state index contributed by atoms with van der Waals surface area (Å²) in [5.74, 6) is 0.219. The van der Waals surface area contributed by atoms with Crippen molar-refractivity contribution in [2.75, 3.05) is 7.05 Å². The van der Waals surface area contributed by atoms with Crippen molar-refractivity contribution in [2.45, 2.75) is 12.7 Å². The fraction of sp³-hybridized carbons (Fsp3) is 0.200. The lowest BCUT2D eigenvalue weighted by Crippen LogP contribution is -2.11. The lowest BCUT2D eigenvalue weighted by Gasteiger charge is -2.16. The summed E-state index contributed by atoms with van der Waals surface area (Å²) in [6, 6.07) is 11.0. The van der Waals surface area contributed by atoms with Crippen LogP contribution in [0.1, 0.15) is 11.1 Å². The van der Waals surface area contributed by atoms with E-state index in [1.165, 1.54) is 6.07 Å². The van der Waals surface area contributed by atoms with Gasteiger partial charge in [-0.05, 0) is 59.5 Å². The monoisotopic (exact) mass is 407 g/mol. The van der Waals surface area contributed by atoms with Gasteiger partial charge in [0.05, 0.1) is 9.13 Å². The van der Waals surface area contributed by atoms with Gasteiger partial charge in [-0.3, -0.25) is 0 Å². The van der Waals surface area contributed by atoms with Crippen LogP contribution < -0.4 is 10.1 Å². The molecule has 2 aromatic carbocycles. The van der Waals surface area contributed by atoms with Crippen molar-refractivity contribution in [1.29, 1.82) is 0 Å². The van der Waals surface area contributed by atoms with E-state index in [0.29, 0.717) is 17.9 Å². The first-order valence-corrected chi connectivity index (χ1v) is 7.27. The smallest absolute Gasteiger partial charge is 0.419 e. The Labute approximate surface area is 134 Å². The molecule has 0 bridgehead atoms. The summed E-state index contributed by atoms with van der Waals surface area (Å²) in [6.45, 7) is 0.367. The lowest BCUT2D eigenvalue weighted by atomic mass is 10.1. The molecule has 0 saturated heterocycles. The van der Waals surface area contributed by atoms with Crippen LogP contribution in [-0.4, -0.2) is 7.05 Å². The summed E-state index contributed by atoms with van der Waals surface area (Å²) in [5.41, 5.74) is -0.213. The second-order valence-electron chi connectivity index (χ2n) is 4.39. The standard InChI is InChI=1S/C15H13F3INO/c1-20-9-10-6-7-13(11(8-10)15(16,17)18)21-14-5-3-2-4-12(14)19/h2-8,20H,9H2,1H3. The van der Waals surface area contributed by atoms with E-state index in [0.717, 1.165) is 9.64 Å². The zero-order valence-electron chi connectivity index (χ0n) is 11.2. The molecule has 2 rings (SSSR count). The van der Waals surface area contributed by atoms with Gasteiger partial charge in [-0.15, -0.1) is 0 Å². The first-order chi connectivity index (χ1) is 9.91. The minimum atomic E-state index is -4.46. The lowest BCUT2D eigenvalue weighted by molar-refractivity contribution is -0.138. The minimum Gasteiger partial charge on any atom is -0.456 e. The highest BCUT2D eigenvalue weighted by molar-refractivity contribution is 14.1. The normalized spacial score (nSPS) is 11.5. The Hall–Kier alpha value is -1.28. The highest BCUT2D eigenvalue weighted by atomic mass is 127. The Balaban J connectivity index is 2.41. The minimum absolute atomic E-state index is 0.188. The van der Waals surface area contributed by atoms with Crippen LogP contribution in [0.2, 0.25) is 0 Å². The summed E-state index contributed by atoms with van der Waals surface area (Å²) >= 11 is 2.02. The van der Waals surface area contributed by atoms with Crippen molar-refractivity contribution in [2.24, 2.45) is 0 Å². The number of ether oxygens (including phenoxy) is 1. The van der Waals surface area contributed by atoms with Crippen LogP contribution in [0.15, 0.2) is 42.5 Å². The van der Waals surface area contributed by atoms with Gasteiger partial charge < -0.3 is 10.1 Å². The van der Waals surface area contributed by atoms with Gasteiger partial charge in [0.2, 0.25) is 0 Å². The Kier molecular flexibility index (Phi) is 5.10. The Morgan fingerprint density at radius 3 is 2.43 bits per heavy atom. The number of halogens is 4. The van der Waals surface area contributed by atoms with Gasteiger partial charge in [0.25, 0.3) is 0 Å². The van der Waals surface area contributed by atoms with E-state index in [2.05, 4.69) is 5.32 Å². The van der Waals surface area contributed by atoms with Gasteiger partial charge in [-0.1, -0.05) is 18.2 Å². The Morgan fingerprint density at radius 2 is 1.81 bits per heavy atom. The second kappa shape index (κ2) is 6.65. The van der Waals surface area contributed by atoms with E-state index in [9.17, 15) is 13.2 Å². The van der Waals surface area contributed by atoms with E-state index >= 15 is 0 Å². The predicted molar refractivity (Wildman–Crippen MR) is 83.4 cm³/mol. The maximum Gasteiger partial charge on any atom is 0.419 e. The van der Waals surface area contributed by atoms with Crippen LogP contribution in [-0.2, 0) is 12.7 Å². The van der Waals surface area contributed by atoms with Gasteiger partial charge in [0.1, 0.15) is 11.5 Å². The molecule has 0 aromatic heterocycles. The van der Waals surface area contributed by atoms with Crippen molar-refractivity contribution in [1.82, 2.24) is 5.32 Å². The van der Waals surface area contributed by atoms with Crippen LogP contribution in [0.25, 0.3) is 0 Å². The number of hydrogen-bond donors (Lipinski definition) is 1. The molecule has 2 aromatic rings. The maximum absolute atomic E-state index is 13.2. The van der Waals surface area contributed by atoms with Gasteiger partial charge >= 0.3 is 6.18 Å². The fourth-order valence-electron chi connectivity index (χ4n) is 1.85. The van der Waals surface area contributed by atoms with Crippen LogP contribution in [0.5, 0.6) is 11.5 Å². The van der Waals surface area contributed by atoms with Crippen LogP contribution in [0.4, 0.5) is 13.2 Å². The fourth-order valence-corrected chi connectivity index (χ4v) is 2.35. The molecule has 0 aliphatic heterocycles. The van der Waals surface area contributed by atoms with Crippen molar-refractivity contribution < 1.29 is 17.9 Å².